The highest BCUT2D eigenvalue weighted by atomic mass is 35.5. The summed E-state index contributed by atoms with van der Waals surface area (Å²) < 4.78 is 0. The molecule has 2 N–H and O–H groups in total. The van der Waals surface area contributed by atoms with E-state index in [-0.39, 0.29) is 17.9 Å². The van der Waals surface area contributed by atoms with Crippen LogP contribution in [-0.2, 0) is 16.0 Å². The van der Waals surface area contributed by atoms with E-state index >= 15 is 0 Å². The van der Waals surface area contributed by atoms with Crippen molar-refractivity contribution in [1.82, 2.24) is 15.5 Å². The van der Waals surface area contributed by atoms with Crippen LogP contribution in [0, 0.1) is 5.92 Å². The summed E-state index contributed by atoms with van der Waals surface area (Å²) in [5.41, 5.74) is 1.13. The Labute approximate surface area is 160 Å². The molecule has 0 aliphatic carbocycles. The normalized spacial score (nSPS) is 23.0. The molecule has 6 heteroatoms. The highest BCUT2D eigenvalue weighted by molar-refractivity contribution is 6.30. The zero-order chi connectivity index (χ0) is 18.4. The van der Waals surface area contributed by atoms with Gasteiger partial charge in [0.25, 0.3) is 0 Å². The molecule has 26 heavy (non-hydrogen) atoms. The minimum atomic E-state index is -0.0318. The number of carbonyl (C=O) groups is 2. The fraction of sp³-hybridized carbons (Fsp3) is 0.600. The van der Waals surface area contributed by atoms with Gasteiger partial charge in [-0.2, -0.15) is 0 Å². The van der Waals surface area contributed by atoms with Crippen LogP contribution < -0.4 is 10.6 Å². The molecule has 2 amide bonds. The number of piperidine rings is 1. The largest absolute Gasteiger partial charge is 0.354 e. The summed E-state index contributed by atoms with van der Waals surface area (Å²) >= 11 is 5.90. The van der Waals surface area contributed by atoms with E-state index in [1.54, 1.807) is 0 Å². The lowest BCUT2D eigenvalue weighted by molar-refractivity contribution is -0.132. The molecule has 0 saturated carbocycles. The summed E-state index contributed by atoms with van der Waals surface area (Å²) in [5, 5.41) is 7.00. The third-order valence-corrected chi connectivity index (χ3v) is 5.61. The van der Waals surface area contributed by atoms with E-state index < -0.39 is 0 Å². The number of halogens is 1. The average molecular weight is 378 g/mol. The number of carbonyl (C=O) groups excluding carboxylic acids is 2. The molecule has 2 atom stereocenters. The molecule has 0 aromatic heterocycles. The average Bonchev–Trinajstić information content (AvgIpc) is 3.20. The van der Waals surface area contributed by atoms with Crippen molar-refractivity contribution in [2.75, 3.05) is 26.2 Å². The van der Waals surface area contributed by atoms with Crippen LogP contribution in [0.15, 0.2) is 24.3 Å². The molecule has 2 aliphatic rings. The highest BCUT2D eigenvalue weighted by Crippen LogP contribution is 2.18. The molecule has 0 radical (unpaired) electrons. The Bertz CT molecular complexity index is 614. The predicted octanol–water partition coefficient (Wildman–Crippen LogP) is 2.38. The lowest BCUT2D eigenvalue weighted by Crippen LogP contribution is -2.46. The van der Waals surface area contributed by atoms with Crippen LogP contribution in [0.4, 0.5) is 0 Å². The molecular weight excluding hydrogens is 350 g/mol. The first kappa shape index (κ1) is 19.2. The standard InChI is InChI=1S/C20H28ClN3O2/c21-17-8-5-15(6-9-17)7-10-19(25)24-12-2-3-16(14-24)13-23-20(26)18-4-1-11-22-18/h5-6,8-9,16,18,22H,1-4,7,10-14H2,(H,23,26). The van der Waals surface area contributed by atoms with E-state index in [1.165, 1.54) is 0 Å². The van der Waals surface area contributed by atoms with Gasteiger partial charge in [0.05, 0.1) is 6.04 Å². The summed E-state index contributed by atoms with van der Waals surface area (Å²) in [6.07, 6.45) is 5.32. The maximum Gasteiger partial charge on any atom is 0.237 e. The van der Waals surface area contributed by atoms with E-state index in [0.717, 1.165) is 57.3 Å². The zero-order valence-corrected chi connectivity index (χ0v) is 15.9. The zero-order valence-electron chi connectivity index (χ0n) is 15.2. The molecule has 2 saturated heterocycles. The number of hydrogen-bond acceptors (Lipinski definition) is 3. The Hall–Kier alpha value is -1.59. The van der Waals surface area contributed by atoms with Crippen molar-refractivity contribution < 1.29 is 9.59 Å². The first-order chi connectivity index (χ1) is 12.6. The van der Waals surface area contributed by atoms with Crippen LogP contribution in [0.2, 0.25) is 5.02 Å². The van der Waals surface area contributed by atoms with Gasteiger partial charge in [0.15, 0.2) is 0 Å². The molecule has 1 aromatic carbocycles. The van der Waals surface area contributed by atoms with Crippen LogP contribution in [0.3, 0.4) is 0 Å². The van der Waals surface area contributed by atoms with Crippen molar-refractivity contribution in [2.24, 2.45) is 5.92 Å². The molecule has 2 unspecified atom stereocenters. The van der Waals surface area contributed by atoms with Crippen molar-refractivity contribution in [1.29, 1.82) is 0 Å². The topological polar surface area (TPSA) is 61.4 Å². The van der Waals surface area contributed by atoms with E-state index in [1.807, 2.05) is 29.2 Å². The van der Waals surface area contributed by atoms with Gasteiger partial charge < -0.3 is 15.5 Å². The lowest BCUT2D eigenvalue weighted by Gasteiger charge is -2.33. The Morgan fingerprint density at radius 2 is 2.00 bits per heavy atom. The number of aryl methyl sites for hydroxylation is 1. The van der Waals surface area contributed by atoms with Crippen molar-refractivity contribution >= 4 is 23.4 Å². The van der Waals surface area contributed by atoms with Gasteiger partial charge in [-0.05, 0) is 62.3 Å². The number of rotatable bonds is 6. The predicted molar refractivity (Wildman–Crippen MR) is 103 cm³/mol. The smallest absolute Gasteiger partial charge is 0.237 e. The Kier molecular flexibility index (Phi) is 6.92. The second-order valence-electron chi connectivity index (χ2n) is 7.37. The third kappa shape index (κ3) is 5.45. The van der Waals surface area contributed by atoms with Gasteiger partial charge in [-0.25, -0.2) is 0 Å². The molecule has 142 valence electrons. The maximum absolute atomic E-state index is 12.5. The molecule has 2 heterocycles. The number of nitrogens with zero attached hydrogens (tertiary/aromatic N) is 1. The summed E-state index contributed by atoms with van der Waals surface area (Å²) in [7, 11) is 0. The van der Waals surface area contributed by atoms with E-state index in [2.05, 4.69) is 10.6 Å². The summed E-state index contributed by atoms with van der Waals surface area (Å²) in [5.74, 6) is 0.663. The fourth-order valence-electron chi connectivity index (χ4n) is 3.80. The summed E-state index contributed by atoms with van der Waals surface area (Å²) in [6, 6.07) is 7.64. The summed E-state index contributed by atoms with van der Waals surface area (Å²) in [6.45, 7) is 3.17. The second-order valence-corrected chi connectivity index (χ2v) is 7.81. The van der Waals surface area contributed by atoms with Crippen LogP contribution in [0.1, 0.15) is 37.7 Å². The van der Waals surface area contributed by atoms with Gasteiger partial charge in [0.1, 0.15) is 0 Å². The van der Waals surface area contributed by atoms with Crippen LogP contribution in [0.5, 0.6) is 0 Å². The Balaban J connectivity index is 1.41. The van der Waals surface area contributed by atoms with Gasteiger partial charge in [0.2, 0.25) is 11.8 Å². The second kappa shape index (κ2) is 9.38. The van der Waals surface area contributed by atoms with Gasteiger partial charge >= 0.3 is 0 Å². The van der Waals surface area contributed by atoms with Gasteiger partial charge in [0, 0.05) is 31.1 Å². The molecule has 2 fully saturated rings. The van der Waals surface area contributed by atoms with Gasteiger partial charge in [-0.3, -0.25) is 9.59 Å². The Morgan fingerprint density at radius 3 is 2.73 bits per heavy atom. The number of likely N-dealkylation sites (tertiary alicyclic amines) is 1. The molecule has 5 nitrogen and oxygen atoms in total. The first-order valence-corrected chi connectivity index (χ1v) is 10.0. The minimum absolute atomic E-state index is 0.0318. The van der Waals surface area contributed by atoms with Crippen LogP contribution >= 0.6 is 11.6 Å². The van der Waals surface area contributed by atoms with E-state index in [0.29, 0.717) is 23.9 Å². The van der Waals surface area contributed by atoms with Crippen LogP contribution in [-0.4, -0.2) is 48.9 Å². The molecule has 0 spiro atoms. The fourth-order valence-corrected chi connectivity index (χ4v) is 3.92. The SMILES string of the molecule is O=C(NCC1CCCN(C(=O)CCc2ccc(Cl)cc2)C1)C1CCCN1. The minimum Gasteiger partial charge on any atom is -0.354 e. The van der Waals surface area contributed by atoms with Crippen molar-refractivity contribution in [3.8, 4) is 0 Å². The van der Waals surface area contributed by atoms with Crippen molar-refractivity contribution in [3.05, 3.63) is 34.9 Å². The van der Waals surface area contributed by atoms with E-state index in [4.69, 9.17) is 11.6 Å². The molecule has 2 aliphatic heterocycles. The number of benzene rings is 1. The molecule has 1 aromatic rings. The van der Waals surface area contributed by atoms with Crippen LogP contribution in [0.25, 0.3) is 0 Å². The maximum atomic E-state index is 12.5. The van der Waals surface area contributed by atoms with Crippen molar-refractivity contribution in [2.45, 2.75) is 44.6 Å². The number of nitrogens with one attached hydrogen (secondary N) is 2. The van der Waals surface area contributed by atoms with Crippen molar-refractivity contribution in [3.63, 3.8) is 0 Å². The highest BCUT2D eigenvalue weighted by Gasteiger charge is 2.26. The molecular formula is C20H28ClN3O2. The molecule has 0 bridgehead atoms. The van der Waals surface area contributed by atoms with E-state index in [9.17, 15) is 9.59 Å². The summed E-state index contributed by atoms with van der Waals surface area (Å²) in [4.78, 5) is 26.6. The number of amides is 2. The van der Waals surface area contributed by atoms with Gasteiger partial charge in [-0.1, -0.05) is 23.7 Å². The Morgan fingerprint density at radius 1 is 1.19 bits per heavy atom. The monoisotopic (exact) mass is 377 g/mol. The molecule has 3 rings (SSSR count). The first-order valence-electron chi connectivity index (χ1n) is 9.65. The van der Waals surface area contributed by atoms with Gasteiger partial charge in [-0.15, -0.1) is 0 Å². The third-order valence-electron chi connectivity index (χ3n) is 5.35. The lowest BCUT2D eigenvalue weighted by atomic mass is 9.97. The number of hydrogen-bond donors (Lipinski definition) is 2. The quantitative estimate of drug-likeness (QED) is 0.800.